The van der Waals surface area contributed by atoms with E-state index in [-0.39, 0.29) is 22.8 Å². The van der Waals surface area contributed by atoms with Crippen LogP contribution in [-0.4, -0.2) is 11.6 Å². The summed E-state index contributed by atoms with van der Waals surface area (Å²) in [4.78, 5) is 11.7. The van der Waals surface area contributed by atoms with Crippen LogP contribution in [0.25, 0.3) is 0 Å². The molecule has 0 heterocycles. The lowest BCUT2D eigenvalue weighted by molar-refractivity contribution is -0.155. The molecule has 0 amide bonds. The minimum atomic E-state index is -0.514. The van der Waals surface area contributed by atoms with Crippen LogP contribution in [-0.2, 0) is 9.53 Å². The SMILES string of the molecule is CC(CC(=O)OC(C)(C)C)c1cc(F)c(Br)c(Cl)c1. The van der Waals surface area contributed by atoms with Crippen molar-refractivity contribution < 1.29 is 13.9 Å². The molecular weight excluding hydrogens is 335 g/mol. The summed E-state index contributed by atoms with van der Waals surface area (Å²) in [6.45, 7) is 7.27. The van der Waals surface area contributed by atoms with Gasteiger partial charge in [-0.05, 0) is 60.3 Å². The number of rotatable bonds is 3. The van der Waals surface area contributed by atoms with E-state index in [0.29, 0.717) is 10.6 Å². The van der Waals surface area contributed by atoms with Crippen LogP contribution in [0.5, 0.6) is 0 Å². The summed E-state index contributed by atoms with van der Waals surface area (Å²) in [5.74, 6) is -0.895. The van der Waals surface area contributed by atoms with Crippen molar-refractivity contribution in [3.05, 3.63) is 33.0 Å². The standard InChI is InChI=1S/C14H17BrClFO2/c1-8(5-12(18)19-14(2,3)4)9-6-10(16)13(15)11(17)7-9/h6-8H,5H2,1-4H3. The third kappa shape index (κ3) is 5.11. The van der Waals surface area contributed by atoms with Crippen LogP contribution in [0.2, 0.25) is 5.02 Å². The third-order valence-electron chi connectivity index (χ3n) is 2.47. The van der Waals surface area contributed by atoms with Crippen LogP contribution in [0.4, 0.5) is 4.39 Å². The van der Waals surface area contributed by atoms with Crippen molar-refractivity contribution in [3.63, 3.8) is 0 Å². The van der Waals surface area contributed by atoms with Crippen molar-refractivity contribution >= 4 is 33.5 Å². The van der Waals surface area contributed by atoms with Crippen molar-refractivity contribution in [2.75, 3.05) is 0 Å². The monoisotopic (exact) mass is 350 g/mol. The topological polar surface area (TPSA) is 26.3 Å². The Hall–Kier alpha value is -0.610. The molecule has 0 aliphatic rings. The number of carbonyl (C=O) groups excluding carboxylic acids is 1. The third-order valence-corrected chi connectivity index (χ3v) is 3.80. The molecule has 0 aliphatic carbocycles. The number of carbonyl (C=O) groups is 1. The fourth-order valence-electron chi connectivity index (χ4n) is 1.61. The van der Waals surface area contributed by atoms with E-state index < -0.39 is 11.4 Å². The summed E-state index contributed by atoms with van der Waals surface area (Å²) in [7, 11) is 0. The first-order valence-electron chi connectivity index (χ1n) is 5.96. The van der Waals surface area contributed by atoms with Gasteiger partial charge in [0.25, 0.3) is 0 Å². The van der Waals surface area contributed by atoms with E-state index in [1.54, 1.807) is 6.07 Å². The lowest BCUT2D eigenvalue weighted by atomic mass is 9.97. The number of ether oxygens (including phenoxy) is 1. The first kappa shape index (κ1) is 16.4. The number of esters is 1. The van der Waals surface area contributed by atoms with E-state index in [1.165, 1.54) is 6.07 Å². The minimum Gasteiger partial charge on any atom is -0.460 e. The van der Waals surface area contributed by atoms with E-state index in [9.17, 15) is 9.18 Å². The lowest BCUT2D eigenvalue weighted by Gasteiger charge is -2.21. The summed E-state index contributed by atoms with van der Waals surface area (Å²) in [6.07, 6.45) is 0.189. The van der Waals surface area contributed by atoms with Gasteiger partial charge in [0, 0.05) is 0 Å². The van der Waals surface area contributed by atoms with Gasteiger partial charge < -0.3 is 4.74 Å². The molecule has 1 atom stereocenters. The normalized spacial score (nSPS) is 13.2. The van der Waals surface area contributed by atoms with Gasteiger partial charge in [0.05, 0.1) is 15.9 Å². The molecule has 0 aliphatic heterocycles. The quantitative estimate of drug-likeness (QED) is 0.561. The maximum absolute atomic E-state index is 13.6. The maximum Gasteiger partial charge on any atom is 0.306 e. The number of benzene rings is 1. The molecule has 2 nitrogen and oxygen atoms in total. The Kier molecular flexibility index (Phi) is 5.39. The van der Waals surface area contributed by atoms with Gasteiger partial charge in [0.1, 0.15) is 11.4 Å². The van der Waals surface area contributed by atoms with Gasteiger partial charge in [-0.15, -0.1) is 0 Å². The van der Waals surface area contributed by atoms with E-state index in [4.69, 9.17) is 16.3 Å². The number of hydrogen-bond donors (Lipinski definition) is 0. The fourth-order valence-corrected chi connectivity index (χ4v) is 2.06. The van der Waals surface area contributed by atoms with Crippen LogP contribution in [0.15, 0.2) is 16.6 Å². The summed E-state index contributed by atoms with van der Waals surface area (Å²) in [5, 5.41) is 0.297. The maximum atomic E-state index is 13.6. The average molecular weight is 352 g/mol. The first-order valence-corrected chi connectivity index (χ1v) is 7.13. The summed E-state index contributed by atoms with van der Waals surface area (Å²) in [6, 6.07) is 3.04. The van der Waals surface area contributed by atoms with E-state index in [0.717, 1.165) is 0 Å². The van der Waals surface area contributed by atoms with Crippen LogP contribution >= 0.6 is 27.5 Å². The van der Waals surface area contributed by atoms with Gasteiger partial charge in [-0.3, -0.25) is 4.79 Å². The minimum absolute atomic E-state index is 0.157. The molecule has 5 heteroatoms. The number of halogens is 3. The van der Waals surface area contributed by atoms with E-state index in [2.05, 4.69) is 15.9 Å². The molecule has 1 aromatic rings. The smallest absolute Gasteiger partial charge is 0.306 e. The van der Waals surface area contributed by atoms with Gasteiger partial charge in [-0.25, -0.2) is 4.39 Å². The molecule has 0 saturated carbocycles. The number of hydrogen-bond acceptors (Lipinski definition) is 2. The van der Waals surface area contributed by atoms with Crippen LogP contribution < -0.4 is 0 Å². The molecule has 0 saturated heterocycles. The van der Waals surface area contributed by atoms with Gasteiger partial charge >= 0.3 is 5.97 Å². The van der Waals surface area contributed by atoms with Crippen molar-refractivity contribution in [2.45, 2.75) is 45.6 Å². The Morgan fingerprint density at radius 2 is 2.05 bits per heavy atom. The van der Waals surface area contributed by atoms with E-state index in [1.807, 2.05) is 27.7 Å². The largest absolute Gasteiger partial charge is 0.460 e. The second kappa shape index (κ2) is 6.23. The Labute approximate surface area is 126 Å². The second-order valence-corrected chi connectivity index (χ2v) is 6.69. The van der Waals surface area contributed by atoms with Crippen molar-refractivity contribution in [2.24, 2.45) is 0 Å². The van der Waals surface area contributed by atoms with E-state index >= 15 is 0 Å². The van der Waals surface area contributed by atoms with Gasteiger partial charge in [0.2, 0.25) is 0 Å². The Bertz CT molecular complexity index is 460. The van der Waals surface area contributed by atoms with Crippen molar-refractivity contribution in [3.8, 4) is 0 Å². The first-order chi connectivity index (χ1) is 8.60. The zero-order valence-electron chi connectivity index (χ0n) is 11.4. The molecule has 1 unspecified atom stereocenters. The van der Waals surface area contributed by atoms with Crippen molar-refractivity contribution in [1.29, 1.82) is 0 Å². The molecule has 0 bridgehead atoms. The molecule has 1 rings (SSSR count). The summed E-state index contributed by atoms with van der Waals surface area (Å²) in [5.41, 5.74) is 0.163. The summed E-state index contributed by atoms with van der Waals surface area (Å²) >= 11 is 8.96. The fraction of sp³-hybridized carbons (Fsp3) is 0.500. The highest BCUT2D eigenvalue weighted by Crippen LogP contribution is 2.31. The molecule has 0 fully saturated rings. The zero-order valence-corrected chi connectivity index (χ0v) is 13.7. The Balaban J connectivity index is 2.79. The Morgan fingerprint density at radius 3 is 2.53 bits per heavy atom. The predicted molar refractivity (Wildman–Crippen MR) is 78.0 cm³/mol. The highest BCUT2D eigenvalue weighted by Gasteiger charge is 2.20. The molecule has 0 N–H and O–H groups in total. The van der Waals surface area contributed by atoms with Crippen LogP contribution in [0.1, 0.15) is 45.6 Å². The average Bonchev–Trinajstić information content (AvgIpc) is 2.22. The van der Waals surface area contributed by atoms with Gasteiger partial charge in [-0.1, -0.05) is 18.5 Å². The van der Waals surface area contributed by atoms with Gasteiger partial charge in [0.15, 0.2) is 0 Å². The Morgan fingerprint density at radius 1 is 1.47 bits per heavy atom. The van der Waals surface area contributed by atoms with Crippen LogP contribution in [0.3, 0.4) is 0 Å². The molecule has 19 heavy (non-hydrogen) atoms. The summed E-state index contributed by atoms with van der Waals surface area (Å²) < 4.78 is 19.0. The van der Waals surface area contributed by atoms with Crippen molar-refractivity contribution in [1.82, 2.24) is 0 Å². The molecule has 106 valence electrons. The second-order valence-electron chi connectivity index (χ2n) is 5.49. The molecule has 0 spiro atoms. The highest BCUT2D eigenvalue weighted by atomic mass is 79.9. The molecular formula is C14H17BrClFO2. The molecule has 0 radical (unpaired) electrons. The zero-order chi connectivity index (χ0) is 14.8. The molecule has 1 aromatic carbocycles. The lowest BCUT2D eigenvalue weighted by Crippen LogP contribution is -2.24. The molecule has 0 aromatic heterocycles. The van der Waals surface area contributed by atoms with Crippen LogP contribution in [0, 0.1) is 5.82 Å². The predicted octanol–water partition coefficient (Wildman–Crippen LogP) is 5.08. The highest BCUT2D eigenvalue weighted by molar-refractivity contribution is 9.10. The van der Waals surface area contributed by atoms with Gasteiger partial charge in [-0.2, -0.15) is 0 Å².